The van der Waals surface area contributed by atoms with Crippen molar-refractivity contribution in [2.45, 2.75) is 26.3 Å². The van der Waals surface area contributed by atoms with E-state index in [1.54, 1.807) is 14.0 Å². The lowest BCUT2D eigenvalue weighted by Gasteiger charge is -2.24. The highest BCUT2D eigenvalue weighted by Gasteiger charge is 2.22. The van der Waals surface area contributed by atoms with Crippen LogP contribution in [0.4, 0.5) is 0 Å². The zero-order chi connectivity index (χ0) is 13.0. The number of carbonyl (C=O) groups is 1. The van der Waals surface area contributed by atoms with Gasteiger partial charge in [0.25, 0.3) is 0 Å². The fraction of sp³-hybridized carbons (Fsp3) is 0.500. The van der Waals surface area contributed by atoms with Gasteiger partial charge in [-0.1, -0.05) is 19.1 Å². The van der Waals surface area contributed by atoms with E-state index in [1.807, 2.05) is 31.1 Å². The molecule has 94 valence electrons. The third kappa shape index (κ3) is 3.07. The number of carbonyl (C=O) groups excluding carboxylic acids is 1. The zero-order valence-corrected chi connectivity index (χ0v) is 11.3. The van der Waals surface area contributed by atoms with Crippen molar-refractivity contribution in [2.75, 3.05) is 21.2 Å². The summed E-state index contributed by atoms with van der Waals surface area (Å²) in [5, 5.41) is 0. The van der Waals surface area contributed by atoms with Crippen LogP contribution in [0.1, 0.15) is 31.0 Å². The monoisotopic (exact) mass is 235 g/mol. The van der Waals surface area contributed by atoms with Gasteiger partial charge in [-0.15, -0.1) is 0 Å². The quantitative estimate of drug-likeness (QED) is 0.785. The van der Waals surface area contributed by atoms with E-state index in [9.17, 15) is 4.79 Å². The molecule has 1 atom stereocenters. The lowest BCUT2D eigenvalue weighted by atomic mass is 9.98. The van der Waals surface area contributed by atoms with Gasteiger partial charge in [-0.25, -0.2) is 0 Å². The first-order valence-electron chi connectivity index (χ1n) is 5.85. The predicted octanol–water partition coefficient (Wildman–Crippen LogP) is 2.45. The minimum absolute atomic E-state index is 0.126. The first kappa shape index (κ1) is 13.7. The van der Waals surface area contributed by atoms with Crippen LogP contribution in [0.25, 0.3) is 0 Å². The van der Waals surface area contributed by atoms with E-state index in [4.69, 9.17) is 4.74 Å². The minimum atomic E-state index is -0.239. The van der Waals surface area contributed by atoms with Gasteiger partial charge >= 0.3 is 0 Å². The fourth-order valence-corrected chi connectivity index (χ4v) is 2.08. The number of likely N-dealkylation sites (N-methyl/N-ethyl adjacent to an activating group) is 1. The molecular formula is C14H21NO2. The van der Waals surface area contributed by atoms with Gasteiger partial charge in [0, 0.05) is 5.56 Å². The largest absolute Gasteiger partial charge is 0.496 e. The van der Waals surface area contributed by atoms with E-state index >= 15 is 0 Å². The number of methoxy groups -OCH3 is 1. The first-order valence-corrected chi connectivity index (χ1v) is 5.85. The highest BCUT2D eigenvalue weighted by Crippen LogP contribution is 2.30. The maximum absolute atomic E-state index is 11.8. The van der Waals surface area contributed by atoms with Gasteiger partial charge in [-0.2, -0.15) is 0 Å². The molecule has 0 heterocycles. The summed E-state index contributed by atoms with van der Waals surface area (Å²) in [5.74, 6) is 0.901. The van der Waals surface area contributed by atoms with Crippen LogP contribution in [0.5, 0.6) is 5.75 Å². The summed E-state index contributed by atoms with van der Waals surface area (Å²) in [6.07, 6.45) is 0.953. The van der Waals surface area contributed by atoms with E-state index in [0.717, 1.165) is 17.7 Å². The molecule has 0 aliphatic carbocycles. The average molecular weight is 235 g/mol. The Hall–Kier alpha value is -1.35. The number of aryl methyl sites for hydroxylation is 1. The molecule has 1 unspecified atom stereocenters. The van der Waals surface area contributed by atoms with E-state index < -0.39 is 0 Å². The van der Waals surface area contributed by atoms with Crippen molar-refractivity contribution in [3.05, 3.63) is 29.3 Å². The Kier molecular flexibility index (Phi) is 4.70. The minimum Gasteiger partial charge on any atom is -0.496 e. The summed E-state index contributed by atoms with van der Waals surface area (Å²) in [6, 6.07) is 5.80. The standard InChI is InChI=1S/C14H21NO2/c1-6-11-7-8-13(17-5)12(9-11)14(10(2)16)15(3)4/h7-9,14H,6H2,1-5H3. The van der Waals surface area contributed by atoms with Crippen LogP contribution in [0, 0.1) is 0 Å². The van der Waals surface area contributed by atoms with Crippen LogP contribution < -0.4 is 4.74 Å². The molecule has 1 aromatic rings. The van der Waals surface area contributed by atoms with Crippen molar-refractivity contribution in [1.29, 1.82) is 0 Å². The number of hydrogen-bond acceptors (Lipinski definition) is 3. The molecule has 1 rings (SSSR count). The number of ether oxygens (including phenoxy) is 1. The van der Waals surface area contributed by atoms with E-state index in [0.29, 0.717) is 0 Å². The molecule has 0 fully saturated rings. The molecule has 0 radical (unpaired) electrons. The van der Waals surface area contributed by atoms with Gasteiger partial charge < -0.3 is 4.74 Å². The summed E-state index contributed by atoms with van der Waals surface area (Å²) in [5.41, 5.74) is 2.17. The number of Topliss-reactive ketones (excluding diaryl/α,β-unsaturated/α-hetero) is 1. The van der Waals surface area contributed by atoms with Crippen molar-refractivity contribution in [3.63, 3.8) is 0 Å². The lowest BCUT2D eigenvalue weighted by molar-refractivity contribution is -0.121. The molecule has 1 aromatic carbocycles. The Morgan fingerprint density at radius 1 is 1.41 bits per heavy atom. The Bertz CT molecular complexity index is 399. The molecular weight excluding hydrogens is 214 g/mol. The third-order valence-corrected chi connectivity index (χ3v) is 2.90. The Balaban J connectivity index is 3.28. The van der Waals surface area contributed by atoms with E-state index in [-0.39, 0.29) is 11.8 Å². The van der Waals surface area contributed by atoms with Crippen molar-refractivity contribution >= 4 is 5.78 Å². The Morgan fingerprint density at radius 2 is 2.06 bits per heavy atom. The molecule has 3 nitrogen and oxygen atoms in total. The van der Waals surface area contributed by atoms with Crippen LogP contribution in [-0.4, -0.2) is 31.9 Å². The normalized spacial score (nSPS) is 12.6. The van der Waals surface area contributed by atoms with Gasteiger partial charge in [0.15, 0.2) is 5.78 Å². The molecule has 0 spiro atoms. The second-order valence-electron chi connectivity index (χ2n) is 4.41. The fourth-order valence-electron chi connectivity index (χ4n) is 2.08. The van der Waals surface area contributed by atoms with Gasteiger partial charge in [0.05, 0.1) is 13.2 Å². The topological polar surface area (TPSA) is 29.5 Å². The van der Waals surface area contributed by atoms with Crippen molar-refractivity contribution in [3.8, 4) is 5.75 Å². The molecule has 0 amide bonds. The molecule has 17 heavy (non-hydrogen) atoms. The summed E-state index contributed by atoms with van der Waals surface area (Å²) >= 11 is 0. The molecule has 0 saturated carbocycles. The highest BCUT2D eigenvalue weighted by atomic mass is 16.5. The smallest absolute Gasteiger partial charge is 0.151 e. The number of benzene rings is 1. The van der Waals surface area contributed by atoms with Crippen LogP contribution in [0.2, 0.25) is 0 Å². The molecule has 0 bridgehead atoms. The second kappa shape index (κ2) is 5.82. The Morgan fingerprint density at radius 3 is 2.47 bits per heavy atom. The van der Waals surface area contributed by atoms with Gasteiger partial charge in [-0.05, 0) is 39.1 Å². The van der Waals surface area contributed by atoms with E-state index in [1.165, 1.54) is 5.56 Å². The lowest BCUT2D eigenvalue weighted by Crippen LogP contribution is -2.26. The molecule has 0 aromatic heterocycles. The maximum Gasteiger partial charge on any atom is 0.151 e. The van der Waals surface area contributed by atoms with E-state index in [2.05, 4.69) is 13.0 Å². The van der Waals surface area contributed by atoms with Crippen LogP contribution in [0.3, 0.4) is 0 Å². The van der Waals surface area contributed by atoms with Crippen molar-refractivity contribution in [1.82, 2.24) is 4.90 Å². The number of nitrogens with zero attached hydrogens (tertiary/aromatic N) is 1. The summed E-state index contributed by atoms with van der Waals surface area (Å²) in [7, 11) is 5.45. The molecule has 0 aliphatic rings. The van der Waals surface area contributed by atoms with Gasteiger partial charge in [0.1, 0.15) is 5.75 Å². The molecule has 3 heteroatoms. The third-order valence-electron chi connectivity index (χ3n) is 2.90. The zero-order valence-electron chi connectivity index (χ0n) is 11.3. The molecule has 0 aliphatic heterocycles. The first-order chi connectivity index (χ1) is 8.01. The SMILES string of the molecule is CCc1ccc(OC)c(C(C(C)=O)N(C)C)c1. The molecule has 0 N–H and O–H groups in total. The van der Waals surface area contributed by atoms with Crippen LogP contribution >= 0.6 is 0 Å². The van der Waals surface area contributed by atoms with Crippen molar-refractivity contribution in [2.24, 2.45) is 0 Å². The van der Waals surface area contributed by atoms with Gasteiger partial charge in [0.2, 0.25) is 0 Å². The van der Waals surface area contributed by atoms with Crippen LogP contribution in [0.15, 0.2) is 18.2 Å². The summed E-state index contributed by atoms with van der Waals surface area (Å²) in [4.78, 5) is 13.7. The highest BCUT2D eigenvalue weighted by molar-refractivity contribution is 5.83. The van der Waals surface area contributed by atoms with Gasteiger partial charge in [-0.3, -0.25) is 9.69 Å². The predicted molar refractivity (Wildman–Crippen MR) is 69.5 cm³/mol. The van der Waals surface area contributed by atoms with Crippen molar-refractivity contribution < 1.29 is 9.53 Å². The van der Waals surface area contributed by atoms with Crippen LogP contribution in [-0.2, 0) is 11.2 Å². The Labute approximate surface area is 103 Å². The summed E-state index contributed by atoms with van der Waals surface area (Å²) < 4.78 is 5.35. The average Bonchev–Trinajstić information content (AvgIpc) is 2.28. The maximum atomic E-state index is 11.8. The number of ketones is 1. The number of rotatable bonds is 5. The summed E-state index contributed by atoms with van der Waals surface area (Å²) in [6.45, 7) is 3.72. The number of hydrogen-bond donors (Lipinski definition) is 0. The second-order valence-corrected chi connectivity index (χ2v) is 4.41. The molecule has 0 saturated heterocycles.